The third kappa shape index (κ3) is 10.4. The van der Waals surface area contributed by atoms with Gasteiger partial charge in [-0.05, 0) is 104 Å². The van der Waals surface area contributed by atoms with Crippen molar-refractivity contribution in [1.82, 2.24) is 0 Å². The SMILES string of the molecule is O=C(Nc1ccc(Cl)cc1)Nc1ccc(N2CCCCC2)c(F)c1.O=C(Nc1ccc(Cl)cc1)Nc1ccc(N2CCOCC2)c(Cl)c1. The molecule has 2 aliphatic rings. The highest BCUT2D eigenvalue weighted by Gasteiger charge is 2.16. The highest BCUT2D eigenvalue weighted by molar-refractivity contribution is 6.33. The molecule has 2 saturated heterocycles. The molecule has 0 unspecified atom stereocenters. The Morgan fingerprint density at radius 3 is 1.50 bits per heavy atom. The number of morpholine rings is 1. The maximum Gasteiger partial charge on any atom is 0.323 e. The summed E-state index contributed by atoms with van der Waals surface area (Å²) in [6, 6.07) is 23.2. The quantitative estimate of drug-likeness (QED) is 0.160. The highest BCUT2D eigenvalue weighted by Crippen LogP contribution is 2.30. The van der Waals surface area contributed by atoms with E-state index in [9.17, 15) is 14.0 Å². The van der Waals surface area contributed by atoms with Gasteiger partial charge in [0.15, 0.2) is 0 Å². The summed E-state index contributed by atoms with van der Waals surface area (Å²) in [6.07, 6.45) is 3.37. The van der Waals surface area contributed by atoms with E-state index in [0.717, 1.165) is 44.7 Å². The van der Waals surface area contributed by atoms with Crippen molar-refractivity contribution >= 4 is 81.0 Å². The topological polar surface area (TPSA) is 98.0 Å². The maximum absolute atomic E-state index is 14.3. The molecule has 2 heterocycles. The van der Waals surface area contributed by atoms with Crippen LogP contribution in [0, 0.1) is 5.82 Å². The Hall–Kier alpha value is -4.22. The van der Waals surface area contributed by atoms with E-state index in [0.29, 0.717) is 56.7 Å². The van der Waals surface area contributed by atoms with E-state index < -0.39 is 6.03 Å². The summed E-state index contributed by atoms with van der Waals surface area (Å²) in [6.45, 7) is 4.76. The van der Waals surface area contributed by atoms with Gasteiger partial charge in [0.05, 0.1) is 29.6 Å². The van der Waals surface area contributed by atoms with Crippen LogP contribution in [0.3, 0.4) is 0 Å². The third-order valence-corrected chi connectivity index (χ3v) is 8.47. The Balaban J connectivity index is 0.000000188. The molecule has 2 fully saturated rings. The number of nitrogens with one attached hydrogen (secondary N) is 4. The van der Waals surface area contributed by atoms with Crippen LogP contribution >= 0.6 is 34.8 Å². The molecule has 0 aromatic heterocycles. The largest absolute Gasteiger partial charge is 0.378 e. The van der Waals surface area contributed by atoms with Gasteiger partial charge in [-0.15, -0.1) is 0 Å². The van der Waals surface area contributed by atoms with Crippen molar-refractivity contribution in [1.29, 1.82) is 0 Å². The van der Waals surface area contributed by atoms with E-state index in [2.05, 4.69) is 31.1 Å². The van der Waals surface area contributed by atoms with Crippen LogP contribution in [-0.4, -0.2) is 51.5 Å². The van der Waals surface area contributed by atoms with Crippen LogP contribution in [-0.2, 0) is 4.74 Å². The number of hydrogen-bond donors (Lipinski definition) is 4. The Morgan fingerprint density at radius 2 is 1.00 bits per heavy atom. The first-order valence-corrected chi connectivity index (χ1v) is 16.7. The zero-order chi connectivity index (χ0) is 33.9. The Labute approximate surface area is 294 Å². The lowest BCUT2D eigenvalue weighted by molar-refractivity contribution is 0.122. The lowest BCUT2D eigenvalue weighted by Gasteiger charge is -2.29. The lowest BCUT2D eigenvalue weighted by atomic mass is 10.1. The molecule has 4 aromatic rings. The van der Waals surface area contributed by atoms with Gasteiger partial charge in [-0.1, -0.05) is 34.8 Å². The van der Waals surface area contributed by atoms with Crippen molar-refractivity contribution in [2.45, 2.75) is 19.3 Å². The van der Waals surface area contributed by atoms with E-state index in [4.69, 9.17) is 39.5 Å². The van der Waals surface area contributed by atoms with Crippen molar-refractivity contribution in [3.05, 3.63) is 106 Å². The summed E-state index contributed by atoms with van der Waals surface area (Å²) in [5.74, 6) is -0.318. The summed E-state index contributed by atoms with van der Waals surface area (Å²) in [5, 5.41) is 12.6. The molecule has 0 spiro atoms. The summed E-state index contributed by atoms with van der Waals surface area (Å²) in [5.41, 5.74) is 3.86. The third-order valence-electron chi connectivity index (χ3n) is 7.66. The van der Waals surface area contributed by atoms with Gasteiger partial charge < -0.3 is 35.8 Å². The van der Waals surface area contributed by atoms with E-state index in [1.54, 1.807) is 66.7 Å². The molecule has 0 saturated carbocycles. The Morgan fingerprint density at radius 1 is 0.562 bits per heavy atom. The minimum atomic E-state index is -0.428. The Kier molecular flexibility index (Phi) is 12.6. The summed E-state index contributed by atoms with van der Waals surface area (Å²) in [7, 11) is 0. The number of rotatable bonds is 6. The molecule has 2 aliphatic heterocycles. The molecular weight excluding hydrogens is 678 g/mol. The number of carbonyl (C=O) groups is 2. The van der Waals surface area contributed by atoms with Gasteiger partial charge in [-0.2, -0.15) is 0 Å². The monoisotopic (exact) mass is 712 g/mol. The minimum Gasteiger partial charge on any atom is -0.378 e. The van der Waals surface area contributed by atoms with E-state index in [1.807, 2.05) is 12.1 Å². The molecule has 0 atom stereocenters. The van der Waals surface area contributed by atoms with Crippen LogP contribution in [0.15, 0.2) is 84.9 Å². The average molecular weight is 714 g/mol. The zero-order valence-corrected chi connectivity index (χ0v) is 28.3. The maximum atomic E-state index is 14.3. The van der Waals surface area contributed by atoms with Gasteiger partial charge in [-0.25, -0.2) is 14.0 Å². The number of piperidine rings is 1. The van der Waals surface area contributed by atoms with Crippen molar-refractivity contribution in [2.24, 2.45) is 0 Å². The molecule has 0 aliphatic carbocycles. The molecule has 252 valence electrons. The van der Waals surface area contributed by atoms with Crippen LogP contribution in [0.2, 0.25) is 15.1 Å². The summed E-state index contributed by atoms with van der Waals surface area (Å²) >= 11 is 18.0. The second kappa shape index (κ2) is 17.3. The van der Waals surface area contributed by atoms with Crippen molar-refractivity contribution in [3.63, 3.8) is 0 Å². The van der Waals surface area contributed by atoms with Crippen molar-refractivity contribution < 1.29 is 18.7 Å². The van der Waals surface area contributed by atoms with E-state index >= 15 is 0 Å². The number of benzene rings is 4. The van der Waals surface area contributed by atoms with E-state index in [-0.39, 0.29) is 11.8 Å². The molecule has 48 heavy (non-hydrogen) atoms. The number of carbonyl (C=O) groups excluding carboxylic acids is 2. The van der Waals surface area contributed by atoms with Crippen molar-refractivity contribution in [2.75, 3.05) is 70.5 Å². The van der Waals surface area contributed by atoms with Crippen LogP contribution in [0.25, 0.3) is 0 Å². The minimum absolute atomic E-state index is 0.318. The first-order valence-electron chi connectivity index (χ1n) is 15.6. The number of urea groups is 2. The number of anilines is 6. The zero-order valence-electron chi connectivity index (χ0n) is 26.1. The summed E-state index contributed by atoms with van der Waals surface area (Å²) in [4.78, 5) is 28.2. The number of nitrogens with zero attached hydrogens (tertiary/aromatic N) is 2. The second-order valence-corrected chi connectivity index (χ2v) is 12.4. The molecule has 4 amide bonds. The molecule has 0 bridgehead atoms. The van der Waals surface area contributed by atoms with Gasteiger partial charge in [0.2, 0.25) is 0 Å². The van der Waals surface area contributed by atoms with Crippen LogP contribution < -0.4 is 31.1 Å². The predicted octanol–water partition coefficient (Wildman–Crippen LogP) is 9.59. The van der Waals surface area contributed by atoms with Gasteiger partial charge in [0.25, 0.3) is 0 Å². The molecule has 6 rings (SSSR count). The molecule has 0 radical (unpaired) electrons. The predicted molar refractivity (Wildman–Crippen MR) is 195 cm³/mol. The Bertz CT molecular complexity index is 1560. The fraction of sp³-hybridized carbons (Fsp3) is 0.257. The second-order valence-electron chi connectivity index (χ2n) is 11.2. The van der Waals surface area contributed by atoms with Gasteiger partial charge >= 0.3 is 12.1 Å². The first kappa shape index (κ1) is 35.1. The van der Waals surface area contributed by atoms with E-state index in [1.165, 1.54) is 12.5 Å². The lowest BCUT2D eigenvalue weighted by Crippen LogP contribution is -2.36. The number of ether oxygens (including phenoxy) is 1. The molecule has 13 heteroatoms. The van der Waals surface area contributed by atoms with Gasteiger partial charge in [0, 0.05) is 59.0 Å². The van der Waals surface area contributed by atoms with Crippen molar-refractivity contribution in [3.8, 4) is 0 Å². The van der Waals surface area contributed by atoms with Crippen LogP contribution in [0.1, 0.15) is 19.3 Å². The van der Waals surface area contributed by atoms with Gasteiger partial charge in [-0.3, -0.25) is 0 Å². The van der Waals surface area contributed by atoms with Crippen LogP contribution in [0.5, 0.6) is 0 Å². The van der Waals surface area contributed by atoms with Crippen LogP contribution in [0.4, 0.5) is 48.1 Å². The summed E-state index contributed by atoms with van der Waals surface area (Å²) < 4.78 is 19.7. The molecule has 4 aromatic carbocycles. The first-order chi connectivity index (χ1) is 23.2. The standard InChI is InChI=1S/C18H19ClFN3O.C17H17Cl2N3O2/c19-13-4-6-14(7-5-13)21-18(24)22-15-8-9-17(16(20)12-15)23-10-2-1-3-11-23;18-12-1-3-13(4-2-12)20-17(23)21-14-5-6-16(15(19)11-14)22-7-9-24-10-8-22/h4-9,12H,1-3,10-11H2,(H2,21,22,24);1-6,11H,7-10H2,(H2,20,21,23). The molecular formula is C35H36Cl3FN6O3. The number of amides is 4. The van der Waals surface area contributed by atoms with Gasteiger partial charge in [0.1, 0.15) is 5.82 Å². The number of hydrogen-bond acceptors (Lipinski definition) is 5. The fourth-order valence-corrected chi connectivity index (χ4v) is 5.83. The average Bonchev–Trinajstić information content (AvgIpc) is 3.08. The number of halogens is 4. The smallest absolute Gasteiger partial charge is 0.323 e. The molecule has 4 N–H and O–H groups in total. The molecule has 9 nitrogen and oxygen atoms in total. The highest BCUT2D eigenvalue weighted by atomic mass is 35.5. The fourth-order valence-electron chi connectivity index (χ4n) is 5.27. The normalized spacial score (nSPS) is 14.3.